The van der Waals surface area contributed by atoms with E-state index >= 15 is 0 Å². The summed E-state index contributed by atoms with van der Waals surface area (Å²) in [5.74, 6) is 0. The van der Waals surface area contributed by atoms with Crippen LogP contribution in [0.15, 0.2) is 30.3 Å². The molecule has 1 aromatic carbocycles. The van der Waals surface area contributed by atoms with Crippen molar-refractivity contribution in [1.29, 1.82) is 0 Å². The fraction of sp³-hybridized carbons (Fsp3) is 0. The third-order valence-electron chi connectivity index (χ3n) is 1.16. The molecule has 0 N–H and O–H groups in total. The molecule has 1 rings (SSSR count). The maximum Gasteiger partial charge on any atom is 2.00 e. The predicted molar refractivity (Wildman–Crippen MR) is 58.7 cm³/mol. The fourth-order valence-corrected chi connectivity index (χ4v) is 2.84. The van der Waals surface area contributed by atoms with E-state index < -0.39 is 0 Å². The van der Waals surface area contributed by atoms with Crippen molar-refractivity contribution in [3.05, 3.63) is 40.5 Å². The zero-order valence-corrected chi connectivity index (χ0v) is 10.1. The minimum atomic E-state index is 0. The van der Waals surface area contributed by atoms with E-state index in [0.717, 1.165) is 10.1 Å². The topological polar surface area (TPSA) is 0 Å². The summed E-state index contributed by atoms with van der Waals surface area (Å²) in [6.07, 6.45) is 0. The second-order valence-corrected chi connectivity index (χ2v) is 4.23. The third kappa shape index (κ3) is 3.88. The van der Waals surface area contributed by atoms with Crippen molar-refractivity contribution >= 4 is 44.9 Å². The van der Waals surface area contributed by atoms with Crippen molar-refractivity contribution in [2.75, 3.05) is 0 Å². The van der Waals surface area contributed by atoms with Crippen molar-refractivity contribution in [3.8, 4) is 0 Å². The van der Waals surface area contributed by atoms with Gasteiger partial charge in [0.25, 0.3) is 0 Å². The van der Waals surface area contributed by atoms with Gasteiger partial charge in [0.05, 0.1) is 4.58 Å². The first-order chi connectivity index (χ1) is 5.38. The summed E-state index contributed by atoms with van der Waals surface area (Å²) < 4.78 is 1.01. The minimum Gasteiger partial charge on any atom is -0.717 e. The molecule has 0 aliphatic rings. The number of rotatable bonds is 3. The summed E-state index contributed by atoms with van der Waals surface area (Å²) in [5, 5.41) is 0. The average molecular weight is 276 g/mol. The van der Waals surface area contributed by atoms with E-state index in [1.54, 1.807) is 0 Å². The molecule has 0 spiro atoms. The summed E-state index contributed by atoms with van der Waals surface area (Å²) in [6, 6.07) is 9.95. The van der Waals surface area contributed by atoms with E-state index in [2.05, 4.69) is 0 Å². The van der Waals surface area contributed by atoms with Gasteiger partial charge in [0.15, 0.2) is 0 Å². The molecule has 0 aliphatic heterocycles. The van der Waals surface area contributed by atoms with Gasteiger partial charge in [0.1, 0.15) is 0 Å². The van der Waals surface area contributed by atoms with Crippen LogP contribution in [-0.2, 0) is 39.8 Å². The molecular weight excluding hydrogens is 271 g/mol. The first-order valence-electron chi connectivity index (χ1n) is 2.90. The molecule has 0 atom stereocenters. The molecule has 1 aromatic rings. The van der Waals surface area contributed by atoms with Crippen molar-refractivity contribution in [1.82, 2.24) is 0 Å². The van der Waals surface area contributed by atoms with Crippen molar-refractivity contribution in [2.24, 2.45) is 0 Å². The number of benzene rings is 1. The molecule has 0 fully saturated rings. The summed E-state index contributed by atoms with van der Waals surface area (Å²) in [6.45, 7) is 0. The van der Waals surface area contributed by atoms with E-state index in [9.17, 15) is 0 Å². The normalized spacial score (nSPS) is 9.58. The van der Waals surface area contributed by atoms with Crippen molar-refractivity contribution in [2.45, 2.75) is 0 Å². The van der Waals surface area contributed by atoms with Gasteiger partial charge in [-0.25, -0.2) is 0 Å². The predicted octanol–water partition coefficient (Wildman–Crippen LogP) is 2.91. The van der Waals surface area contributed by atoms with E-state index in [1.807, 2.05) is 30.3 Å². The molecule has 0 unspecified atom stereocenters. The van der Waals surface area contributed by atoms with Gasteiger partial charge in [-0.2, -0.15) is 0 Å². The molecule has 0 bridgehead atoms. The van der Waals surface area contributed by atoms with E-state index in [-0.39, 0.29) is 16.5 Å². The zero-order chi connectivity index (χ0) is 8.10. The van der Waals surface area contributed by atoms with Crippen molar-refractivity contribution in [3.63, 3.8) is 0 Å². The van der Waals surface area contributed by atoms with Crippen molar-refractivity contribution < 1.29 is 16.5 Å². The molecule has 0 heterocycles. The standard InChI is InChI=1S/C7H7S4.Ni/c8-10-7(11-9)6-4-2-1-3-5-6;/h1-5,8-9H;/q;+2/p-2. The van der Waals surface area contributed by atoms with Crippen LogP contribution in [0.25, 0.3) is 0 Å². The third-order valence-corrected chi connectivity index (χ3v) is 4.07. The van der Waals surface area contributed by atoms with Gasteiger partial charge in [-0.05, 0) is 5.56 Å². The Balaban J connectivity index is 0.00000121. The largest absolute Gasteiger partial charge is 2.00 e. The van der Waals surface area contributed by atoms with Gasteiger partial charge in [0.2, 0.25) is 0 Å². The van der Waals surface area contributed by atoms with Gasteiger partial charge in [-0.1, -0.05) is 30.3 Å². The maximum atomic E-state index is 4.85. The van der Waals surface area contributed by atoms with Crippen LogP contribution in [-0.4, -0.2) is 0 Å². The molecule has 5 heteroatoms. The Hall–Kier alpha value is 1.11. The first-order valence-corrected chi connectivity index (χ1v) is 6.39. The molecule has 1 radical (unpaired) electrons. The second kappa shape index (κ2) is 7.51. The first kappa shape index (κ1) is 13.1. The van der Waals surface area contributed by atoms with Crippen LogP contribution in [0.1, 0.15) is 5.56 Å². The Kier molecular flexibility index (Phi) is 8.21. The summed E-state index contributed by atoms with van der Waals surface area (Å²) >= 11 is 9.69. The molecule has 0 saturated carbocycles. The van der Waals surface area contributed by atoms with Crippen LogP contribution < -0.4 is 0 Å². The Morgan fingerprint density at radius 2 is 1.50 bits per heavy atom. The molecule has 0 nitrogen and oxygen atoms in total. The Bertz CT molecular complexity index is 200. The number of hydrogen-bond donors (Lipinski definition) is 0. The molecular formula is C7H5NiS4. The molecule has 0 saturated heterocycles. The van der Waals surface area contributed by atoms with Gasteiger partial charge in [-0.15, -0.1) is 0 Å². The summed E-state index contributed by atoms with van der Waals surface area (Å²) in [5.41, 5.74) is 1.12. The van der Waals surface area contributed by atoms with Crippen LogP contribution in [0.2, 0.25) is 0 Å². The molecule has 67 valence electrons. The zero-order valence-electron chi connectivity index (χ0n) is 5.84. The molecule has 0 aromatic heterocycles. The second-order valence-electron chi connectivity index (χ2n) is 1.82. The number of hydrogen-bond acceptors (Lipinski definition) is 4. The van der Waals surface area contributed by atoms with Crippen LogP contribution in [0.3, 0.4) is 0 Å². The van der Waals surface area contributed by atoms with Crippen LogP contribution in [0.5, 0.6) is 0 Å². The summed E-state index contributed by atoms with van der Waals surface area (Å²) in [4.78, 5) is 0. The molecule has 12 heavy (non-hydrogen) atoms. The van der Waals surface area contributed by atoms with E-state index in [1.165, 1.54) is 21.6 Å². The van der Waals surface area contributed by atoms with Crippen LogP contribution >= 0.6 is 21.6 Å². The SMILES string of the molecule is [Ni+2].[S-]S[C](S[S-])c1ccccc1. The Morgan fingerprint density at radius 1 is 1.00 bits per heavy atom. The fourth-order valence-electron chi connectivity index (χ4n) is 0.684. The molecule has 0 amide bonds. The molecule has 0 aliphatic carbocycles. The van der Waals surface area contributed by atoms with Gasteiger partial charge < -0.3 is 44.9 Å². The van der Waals surface area contributed by atoms with Gasteiger partial charge >= 0.3 is 16.5 Å². The van der Waals surface area contributed by atoms with E-state index in [4.69, 9.17) is 23.3 Å². The minimum absolute atomic E-state index is 0. The maximum absolute atomic E-state index is 4.85. The van der Waals surface area contributed by atoms with Gasteiger partial charge in [0, 0.05) is 0 Å². The summed E-state index contributed by atoms with van der Waals surface area (Å²) in [7, 11) is 2.56. The quantitative estimate of drug-likeness (QED) is 0.472. The van der Waals surface area contributed by atoms with Crippen LogP contribution in [0, 0.1) is 4.58 Å². The van der Waals surface area contributed by atoms with Crippen LogP contribution in [0.4, 0.5) is 0 Å². The Labute approximate surface area is 101 Å². The van der Waals surface area contributed by atoms with Gasteiger partial charge in [-0.3, -0.25) is 0 Å². The monoisotopic (exact) mass is 275 g/mol. The average Bonchev–Trinajstić information content (AvgIpc) is 2.09. The Morgan fingerprint density at radius 3 is 1.92 bits per heavy atom. The van der Waals surface area contributed by atoms with E-state index in [0.29, 0.717) is 0 Å². The smallest absolute Gasteiger partial charge is 0.717 e.